The molecule has 0 aliphatic heterocycles. The third kappa shape index (κ3) is 13.1. The van der Waals surface area contributed by atoms with Gasteiger partial charge in [-0.25, -0.2) is 4.98 Å². The smallest absolute Gasteiger partial charge is 0.265 e. The van der Waals surface area contributed by atoms with E-state index < -0.39 is 6.10 Å². The number of unbranched alkanes of at least 4 members (excludes halogenated alkanes) is 12. The highest BCUT2D eigenvalue weighted by molar-refractivity contribution is 6.34. The van der Waals surface area contributed by atoms with E-state index >= 15 is 0 Å². The molecule has 0 aliphatic carbocycles. The maximum atomic E-state index is 14.2. The second-order valence-corrected chi connectivity index (χ2v) is 15.5. The number of rotatable bonds is 27. The maximum absolute atomic E-state index is 14.2. The predicted molar refractivity (Wildman–Crippen MR) is 225 cm³/mol. The molecule has 0 radical (unpaired) electrons. The number of aromatic amines is 1. The summed E-state index contributed by atoms with van der Waals surface area (Å²) in [4.78, 5) is 19.0. The van der Waals surface area contributed by atoms with Gasteiger partial charge in [0.15, 0.2) is 17.6 Å². The second-order valence-electron chi connectivity index (χ2n) is 15.1. The fourth-order valence-electron chi connectivity index (χ4n) is 7.03. The van der Waals surface area contributed by atoms with E-state index in [-0.39, 0.29) is 11.8 Å². The summed E-state index contributed by atoms with van der Waals surface area (Å²) in [6, 6.07) is 12.5. The molecular weight excluding hydrogens is 694 g/mol. The molecule has 1 amide bonds. The van der Waals surface area contributed by atoms with Gasteiger partial charge < -0.3 is 14.8 Å². The van der Waals surface area contributed by atoms with Gasteiger partial charge in [-0.05, 0) is 87.3 Å². The summed E-state index contributed by atoms with van der Waals surface area (Å²) in [6.07, 6.45) is 20.6. The highest BCUT2D eigenvalue weighted by Gasteiger charge is 2.25. The first kappa shape index (κ1) is 43.2. The number of anilines is 1. The van der Waals surface area contributed by atoms with Crippen molar-refractivity contribution in [1.29, 1.82) is 0 Å². The van der Waals surface area contributed by atoms with Crippen LogP contribution in [0, 0.1) is 6.92 Å². The summed E-state index contributed by atoms with van der Waals surface area (Å²) in [5.74, 6) is 1.89. The number of aryl methyl sites for hydroxylation is 3. The lowest BCUT2D eigenvalue weighted by Gasteiger charge is -2.22. The number of aromatic nitrogens is 4. The Morgan fingerprint density at radius 2 is 1.46 bits per heavy atom. The van der Waals surface area contributed by atoms with Crippen LogP contribution in [0.1, 0.15) is 178 Å². The topological polar surface area (TPSA) is 93.5 Å². The van der Waals surface area contributed by atoms with E-state index in [1.165, 1.54) is 68.9 Å². The molecule has 0 spiro atoms. The zero-order valence-corrected chi connectivity index (χ0v) is 35.0. The Labute approximate surface area is 330 Å². The molecule has 0 bridgehead atoms. The molecule has 298 valence electrons. The van der Waals surface area contributed by atoms with Gasteiger partial charge >= 0.3 is 0 Å². The molecule has 2 unspecified atom stereocenters. The molecule has 2 aromatic heterocycles. The van der Waals surface area contributed by atoms with E-state index in [2.05, 4.69) is 63.2 Å². The standard InChI is InChI=1S/C45H68ClN5O3/c1-7-11-15-17-18-22-30-53-40-29-27-37(32-38(40)33(5)43-48-44-42(46)34(6)49-51(44)50-43)47-45(52)41(25-21-16-12-8-2)54-39-28-26-35(23-19-13-9-3)31-36(39)24-20-14-10-4/h26-29,31-33,41,49H,7-25,30H2,1-6H3,(H,47,52). The van der Waals surface area contributed by atoms with Crippen LogP contribution in [0.15, 0.2) is 36.4 Å². The number of halogens is 1. The van der Waals surface area contributed by atoms with Crippen LogP contribution in [0.25, 0.3) is 5.65 Å². The molecule has 0 aliphatic rings. The monoisotopic (exact) mass is 762 g/mol. The molecule has 9 heteroatoms. The van der Waals surface area contributed by atoms with Gasteiger partial charge in [-0.1, -0.05) is 135 Å². The van der Waals surface area contributed by atoms with E-state index in [9.17, 15) is 4.79 Å². The zero-order valence-electron chi connectivity index (χ0n) is 34.2. The molecule has 2 atom stereocenters. The van der Waals surface area contributed by atoms with Gasteiger partial charge in [0.05, 0.1) is 12.3 Å². The van der Waals surface area contributed by atoms with Crippen molar-refractivity contribution in [3.63, 3.8) is 0 Å². The second kappa shape index (κ2) is 23.4. The molecule has 8 nitrogen and oxygen atoms in total. The molecule has 2 aromatic carbocycles. The van der Waals surface area contributed by atoms with Gasteiger partial charge in [0.1, 0.15) is 16.5 Å². The molecule has 4 rings (SSSR count). The number of fused-ring (bicyclic) bond motifs is 1. The van der Waals surface area contributed by atoms with Crippen molar-refractivity contribution < 1.29 is 14.3 Å². The number of H-pyrrole nitrogens is 1. The highest BCUT2D eigenvalue weighted by atomic mass is 35.5. The predicted octanol–water partition coefficient (Wildman–Crippen LogP) is 12.7. The van der Waals surface area contributed by atoms with Crippen LogP contribution in [0.2, 0.25) is 5.02 Å². The van der Waals surface area contributed by atoms with E-state index in [1.807, 2.05) is 25.1 Å². The molecule has 4 aromatic rings. The lowest BCUT2D eigenvalue weighted by Crippen LogP contribution is -2.33. The fraction of sp³-hybridized carbons (Fsp3) is 0.622. The van der Waals surface area contributed by atoms with E-state index in [1.54, 1.807) is 4.63 Å². The number of carbonyl (C=O) groups is 1. The quantitative estimate of drug-likeness (QED) is 0.0590. The molecule has 54 heavy (non-hydrogen) atoms. The van der Waals surface area contributed by atoms with Crippen LogP contribution in [0.3, 0.4) is 0 Å². The third-order valence-corrected chi connectivity index (χ3v) is 10.9. The van der Waals surface area contributed by atoms with Gasteiger partial charge in [-0.3, -0.25) is 9.89 Å². The minimum absolute atomic E-state index is 0.131. The Kier molecular flexibility index (Phi) is 18.7. The van der Waals surface area contributed by atoms with Gasteiger partial charge in [0, 0.05) is 17.2 Å². The Bertz CT molecular complexity index is 1700. The van der Waals surface area contributed by atoms with Crippen molar-refractivity contribution in [2.75, 3.05) is 11.9 Å². The van der Waals surface area contributed by atoms with Gasteiger partial charge in [-0.15, -0.1) is 5.10 Å². The molecule has 2 N–H and O–H groups in total. The Balaban J connectivity index is 1.58. The summed E-state index contributed by atoms with van der Waals surface area (Å²) in [6.45, 7) is 13.5. The van der Waals surface area contributed by atoms with Crippen LogP contribution in [0.4, 0.5) is 5.69 Å². The van der Waals surface area contributed by atoms with Crippen molar-refractivity contribution in [2.24, 2.45) is 0 Å². The van der Waals surface area contributed by atoms with Crippen molar-refractivity contribution in [3.05, 3.63) is 69.6 Å². The Morgan fingerprint density at radius 3 is 2.19 bits per heavy atom. The molecule has 0 saturated heterocycles. The number of hydrogen-bond acceptors (Lipinski definition) is 5. The first-order valence-corrected chi connectivity index (χ1v) is 21.6. The number of amides is 1. The lowest BCUT2D eigenvalue weighted by atomic mass is 9.98. The summed E-state index contributed by atoms with van der Waals surface area (Å²) in [5.41, 5.74) is 5.60. The average Bonchev–Trinajstić information content (AvgIpc) is 3.70. The molecule has 0 fully saturated rings. The van der Waals surface area contributed by atoms with Crippen LogP contribution in [-0.2, 0) is 17.6 Å². The average molecular weight is 763 g/mol. The maximum Gasteiger partial charge on any atom is 0.265 e. The lowest BCUT2D eigenvalue weighted by molar-refractivity contribution is -0.123. The molecule has 0 saturated carbocycles. The largest absolute Gasteiger partial charge is 0.493 e. The summed E-state index contributed by atoms with van der Waals surface area (Å²) >= 11 is 6.53. The minimum Gasteiger partial charge on any atom is -0.493 e. The van der Waals surface area contributed by atoms with Gasteiger partial charge in [0.25, 0.3) is 5.91 Å². The normalized spacial score (nSPS) is 12.6. The van der Waals surface area contributed by atoms with Gasteiger partial charge in [-0.2, -0.15) is 4.63 Å². The third-order valence-electron chi connectivity index (χ3n) is 10.4. The summed E-state index contributed by atoms with van der Waals surface area (Å²) < 4.78 is 14.7. The number of hydrogen-bond donors (Lipinski definition) is 2. The number of ether oxygens (including phenoxy) is 2. The van der Waals surface area contributed by atoms with Crippen molar-refractivity contribution >= 4 is 28.8 Å². The number of nitrogens with one attached hydrogen (secondary N) is 2. The fourth-order valence-corrected chi connectivity index (χ4v) is 7.19. The van der Waals surface area contributed by atoms with E-state index in [0.717, 1.165) is 80.5 Å². The van der Waals surface area contributed by atoms with Crippen molar-refractivity contribution in [3.8, 4) is 11.5 Å². The first-order chi connectivity index (χ1) is 26.3. The highest BCUT2D eigenvalue weighted by Crippen LogP contribution is 2.34. The first-order valence-electron chi connectivity index (χ1n) is 21.3. The van der Waals surface area contributed by atoms with E-state index in [0.29, 0.717) is 35.2 Å². The summed E-state index contributed by atoms with van der Waals surface area (Å²) in [5, 5.41) is 11.7. The van der Waals surface area contributed by atoms with Gasteiger partial charge in [0.2, 0.25) is 0 Å². The van der Waals surface area contributed by atoms with Crippen LogP contribution in [0.5, 0.6) is 11.5 Å². The Hall–Kier alpha value is -3.52. The number of nitrogens with zero attached hydrogens (tertiary/aromatic N) is 3. The molecule has 2 heterocycles. The van der Waals surface area contributed by atoms with E-state index in [4.69, 9.17) is 31.2 Å². The molecular formula is C45H68ClN5O3. The van der Waals surface area contributed by atoms with Crippen molar-refractivity contribution in [1.82, 2.24) is 19.8 Å². The SMILES string of the molecule is CCCCCCCCOc1ccc(NC(=O)C(CCCCCC)Oc2ccc(CCCCC)cc2CCCCC)cc1C(C)c1nc2c(Cl)c(C)[nH]n2n1. The summed E-state index contributed by atoms with van der Waals surface area (Å²) in [7, 11) is 0. The van der Waals surface area contributed by atoms with Crippen molar-refractivity contribution in [2.45, 2.75) is 176 Å². The van der Waals surface area contributed by atoms with Crippen LogP contribution >= 0.6 is 11.6 Å². The number of benzene rings is 2. The van der Waals surface area contributed by atoms with Crippen LogP contribution in [-0.4, -0.2) is 38.4 Å². The minimum atomic E-state index is -0.608. The zero-order chi connectivity index (χ0) is 38.7. The Morgan fingerprint density at radius 1 is 0.815 bits per heavy atom. The number of carbonyl (C=O) groups excluding carboxylic acids is 1. The van der Waals surface area contributed by atoms with Crippen LogP contribution < -0.4 is 14.8 Å².